The van der Waals surface area contributed by atoms with Gasteiger partial charge in [0.05, 0.1) is 13.7 Å². The first kappa shape index (κ1) is 11.5. The number of esters is 1. The lowest BCUT2D eigenvalue weighted by Crippen LogP contribution is -2.00. The minimum Gasteiger partial charge on any atom is -0.494 e. The maximum absolute atomic E-state index is 11.4. The number of rotatable bonds is 4. The van der Waals surface area contributed by atoms with Crippen molar-refractivity contribution in [1.29, 1.82) is 0 Å². The van der Waals surface area contributed by atoms with Gasteiger partial charge in [-0.3, -0.25) is 0 Å². The monoisotopic (exact) mass is 233 g/mol. The van der Waals surface area contributed by atoms with Gasteiger partial charge in [-0.15, -0.1) is 0 Å². The summed E-state index contributed by atoms with van der Waals surface area (Å²) in [6.07, 6.45) is 0.968. The fourth-order valence-electron chi connectivity index (χ4n) is 1.64. The van der Waals surface area contributed by atoms with Crippen molar-refractivity contribution in [3.8, 4) is 5.75 Å². The summed E-state index contributed by atoms with van der Waals surface area (Å²) in [5.74, 6) is 0.440. The summed E-state index contributed by atoms with van der Waals surface area (Å²) < 4.78 is 10.2. The smallest absolute Gasteiger partial charge is 0.354 e. The van der Waals surface area contributed by atoms with E-state index in [-0.39, 0.29) is 5.97 Å². The Morgan fingerprint density at radius 2 is 2.18 bits per heavy atom. The van der Waals surface area contributed by atoms with Gasteiger partial charge in [0.1, 0.15) is 11.4 Å². The fourth-order valence-corrected chi connectivity index (χ4v) is 1.64. The Hall–Kier alpha value is -1.97. The van der Waals surface area contributed by atoms with Crippen molar-refractivity contribution >= 4 is 16.9 Å². The molecule has 1 aromatic carbocycles. The number of H-pyrrole nitrogens is 1. The number of carbonyl (C=O) groups excluding carboxylic acids is 1. The zero-order valence-corrected chi connectivity index (χ0v) is 9.95. The van der Waals surface area contributed by atoms with Crippen LogP contribution < -0.4 is 4.74 Å². The average Bonchev–Trinajstić information content (AvgIpc) is 2.78. The first-order chi connectivity index (χ1) is 8.24. The summed E-state index contributed by atoms with van der Waals surface area (Å²) in [6, 6.07) is 7.47. The third-order valence-electron chi connectivity index (χ3n) is 2.47. The molecule has 1 N–H and O–H groups in total. The van der Waals surface area contributed by atoms with Gasteiger partial charge in [0.2, 0.25) is 0 Å². The highest BCUT2D eigenvalue weighted by atomic mass is 16.5. The van der Waals surface area contributed by atoms with Crippen LogP contribution in [0.15, 0.2) is 24.3 Å². The second-order valence-corrected chi connectivity index (χ2v) is 3.77. The van der Waals surface area contributed by atoms with Crippen LogP contribution in [0.25, 0.3) is 10.9 Å². The molecule has 2 rings (SSSR count). The minimum atomic E-state index is -0.364. The SMILES string of the molecule is CCCOc1ccc2cc(C(=O)OC)[nH]c2c1. The summed E-state index contributed by atoms with van der Waals surface area (Å²) in [7, 11) is 1.36. The average molecular weight is 233 g/mol. The van der Waals surface area contributed by atoms with E-state index < -0.39 is 0 Å². The number of ether oxygens (including phenoxy) is 2. The van der Waals surface area contributed by atoms with Crippen molar-refractivity contribution in [1.82, 2.24) is 4.98 Å². The largest absolute Gasteiger partial charge is 0.494 e. The van der Waals surface area contributed by atoms with Crippen LogP contribution in [0.2, 0.25) is 0 Å². The number of aromatic amines is 1. The van der Waals surface area contributed by atoms with Gasteiger partial charge in [-0.05, 0) is 24.6 Å². The highest BCUT2D eigenvalue weighted by Crippen LogP contribution is 2.21. The molecule has 0 amide bonds. The van der Waals surface area contributed by atoms with Crippen molar-refractivity contribution in [2.75, 3.05) is 13.7 Å². The molecule has 4 heteroatoms. The van der Waals surface area contributed by atoms with E-state index in [2.05, 4.69) is 16.6 Å². The molecule has 0 aliphatic rings. The van der Waals surface area contributed by atoms with E-state index in [9.17, 15) is 4.79 Å². The maximum atomic E-state index is 11.4. The minimum absolute atomic E-state index is 0.364. The van der Waals surface area contributed by atoms with E-state index in [1.165, 1.54) is 7.11 Å². The molecule has 0 atom stereocenters. The molecule has 17 heavy (non-hydrogen) atoms. The molecule has 2 aromatic rings. The first-order valence-corrected chi connectivity index (χ1v) is 5.58. The van der Waals surface area contributed by atoms with Crippen LogP contribution in [-0.4, -0.2) is 24.7 Å². The molecular weight excluding hydrogens is 218 g/mol. The number of hydrogen-bond donors (Lipinski definition) is 1. The third kappa shape index (κ3) is 2.41. The molecule has 0 aliphatic carbocycles. The van der Waals surface area contributed by atoms with Crippen LogP contribution in [0.1, 0.15) is 23.8 Å². The van der Waals surface area contributed by atoms with E-state index in [1.807, 2.05) is 18.2 Å². The molecule has 90 valence electrons. The molecule has 0 bridgehead atoms. The lowest BCUT2D eigenvalue weighted by molar-refractivity contribution is 0.0595. The summed E-state index contributed by atoms with van der Waals surface area (Å²) in [6.45, 7) is 2.75. The highest BCUT2D eigenvalue weighted by Gasteiger charge is 2.09. The number of fused-ring (bicyclic) bond motifs is 1. The van der Waals surface area contributed by atoms with Gasteiger partial charge in [0.25, 0.3) is 0 Å². The van der Waals surface area contributed by atoms with Gasteiger partial charge in [-0.25, -0.2) is 4.79 Å². The van der Waals surface area contributed by atoms with E-state index in [1.54, 1.807) is 6.07 Å². The molecule has 0 unspecified atom stereocenters. The number of hydrogen-bond acceptors (Lipinski definition) is 3. The molecule has 0 aliphatic heterocycles. The first-order valence-electron chi connectivity index (χ1n) is 5.58. The fraction of sp³-hybridized carbons (Fsp3) is 0.308. The number of nitrogens with one attached hydrogen (secondary N) is 1. The Bertz CT molecular complexity index is 530. The zero-order chi connectivity index (χ0) is 12.3. The Balaban J connectivity index is 2.31. The van der Waals surface area contributed by atoms with Crippen molar-refractivity contribution < 1.29 is 14.3 Å². The Kier molecular flexibility index (Phi) is 3.32. The summed E-state index contributed by atoms with van der Waals surface area (Å²) in [4.78, 5) is 14.4. The van der Waals surface area contributed by atoms with Crippen LogP contribution in [0.5, 0.6) is 5.75 Å². The number of carbonyl (C=O) groups is 1. The van der Waals surface area contributed by atoms with Crippen molar-refractivity contribution in [2.24, 2.45) is 0 Å². The summed E-state index contributed by atoms with van der Waals surface area (Å²) in [5.41, 5.74) is 1.33. The topological polar surface area (TPSA) is 51.3 Å². The molecule has 1 aromatic heterocycles. The van der Waals surface area contributed by atoms with Crippen molar-refractivity contribution in [3.63, 3.8) is 0 Å². The van der Waals surface area contributed by atoms with E-state index in [0.29, 0.717) is 12.3 Å². The van der Waals surface area contributed by atoms with Crippen LogP contribution in [0.3, 0.4) is 0 Å². The highest BCUT2D eigenvalue weighted by molar-refractivity contribution is 5.95. The van der Waals surface area contributed by atoms with E-state index in [0.717, 1.165) is 23.1 Å². The van der Waals surface area contributed by atoms with Crippen LogP contribution in [0, 0.1) is 0 Å². The Labute approximate surface area is 99.5 Å². The van der Waals surface area contributed by atoms with Crippen molar-refractivity contribution in [2.45, 2.75) is 13.3 Å². The molecule has 0 saturated carbocycles. The predicted octanol–water partition coefficient (Wildman–Crippen LogP) is 2.74. The third-order valence-corrected chi connectivity index (χ3v) is 2.47. The molecular formula is C13H15NO3. The second-order valence-electron chi connectivity index (χ2n) is 3.77. The second kappa shape index (κ2) is 4.91. The standard InChI is InChI=1S/C13H15NO3/c1-3-6-17-10-5-4-9-7-12(13(15)16-2)14-11(9)8-10/h4-5,7-8,14H,3,6H2,1-2H3. The van der Waals surface area contributed by atoms with Crippen LogP contribution in [-0.2, 0) is 4.74 Å². The maximum Gasteiger partial charge on any atom is 0.354 e. The lowest BCUT2D eigenvalue weighted by atomic mass is 10.2. The molecule has 0 saturated heterocycles. The normalized spacial score (nSPS) is 10.5. The lowest BCUT2D eigenvalue weighted by Gasteiger charge is -2.03. The summed E-state index contributed by atoms with van der Waals surface area (Å²) in [5, 5.41) is 0.967. The van der Waals surface area contributed by atoms with E-state index in [4.69, 9.17) is 4.74 Å². The van der Waals surface area contributed by atoms with Crippen LogP contribution >= 0.6 is 0 Å². The zero-order valence-electron chi connectivity index (χ0n) is 9.95. The molecule has 0 radical (unpaired) electrons. The number of aromatic nitrogens is 1. The van der Waals surface area contributed by atoms with Gasteiger partial charge in [-0.2, -0.15) is 0 Å². The number of benzene rings is 1. The van der Waals surface area contributed by atoms with Crippen molar-refractivity contribution in [3.05, 3.63) is 30.0 Å². The molecule has 4 nitrogen and oxygen atoms in total. The van der Waals surface area contributed by atoms with Crippen LogP contribution in [0.4, 0.5) is 0 Å². The number of methoxy groups -OCH3 is 1. The van der Waals surface area contributed by atoms with Gasteiger partial charge in [-0.1, -0.05) is 6.92 Å². The molecule has 0 spiro atoms. The van der Waals surface area contributed by atoms with E-state index >= 15 is 0 Å². The quantitative estimate of drug-likeness (QED) is 0.826. The molecule has 1 heterocycles. The Morgan fingerprint density at radius 3 is 2.88 bits per heavy atom. The van der Waals surface area contributed by atoms with Gasteiger partial charge in [0, 0.05) is 17.0 Å². The van der Waals surface area contributed by atoms with Gasteiger partial charge >= 0.3 is 5.97 Å². The van der Waals surface area contributed by atoms with Gasteiger partial charge in [0.15, 0.2) is 0 Å². The van der Waals surface area contributed by atoms with Gasteiger partial charge < -0.3 is 14.5 Å². The predicted molar refractivity (Wildman–Crippen MR) is 65.4 cm³/mol. The Morgan fingerprint density at radius 1 is 1.35 bits per heavy atom. The molecule has 0 fully saturated rings. The summed E-state index contributed by atoms with van der Waals surface area (Å²) >= 11 is 0.